The van der Waals surface area contributed by atoms with E-state index < -0.39 is 0 Å². The van der Waals surface area contributed by atoms with Crippen molar-refractivity contribution in [2.45, 2.75) is 19.1 Å². The van der Waals surface area contributed by atoms with E-state index in [0.29, 0.717) is 18.7 Å². The van der Waals surface area contributed by atoms with Gasteiger partial charge in [-0.3, -0.25) is 4.79 Å². The van der Waals surface area contributed by atoms with Crippen LogP contribution in [0, 0.1) is 0 Å². The molecule has 2 aromatic heterocycles. The molecule has 1 aromatic carbocycles. The number of rotatable bonds is 5. The summed E-state index contributed by atoms with van der Waals surface area (Å²) in [5, 5.41) is 12.8. The van der Waals surface area contributed by atoms with Crippen LogP contribution in [0.4, 0.5) is 11.8 Å². The van der Waals surface area contributed by atoms with Gasteiger partial charge in [-0.05, 0) is 30.7 Å². The molecule has 2 N–H and O–H groups in total. The number of hydrogen-bond donors (Lipinski definition) is 2. The van der Waals surface area contributed by atoms with Crippen molar-refractivity contribution in [1.82, 2.24) is 19.9 Å². The van der Waals surface area contributed by atoms with Gasteiger partial charge < -0.3 is 24.8 Å². The summed E-state index contributed by atoms with van der Waals surface area (Å²) in [7, 11) is 5.82. The van der Waals surface area contributed by atoms with Gasteiger partial charge in [0.15, 0.2) is 0 Å². The summed E-state index contributed by atoms with van der Waals surface area (Å²) in [5.74, 6) is 1.51. The van der Waals surface area contributed by atoms with Crippen LogP contribution in [0.25, 0.3) is 11.0 Å². The number of nitrogens with zero attached hydrogens (tertiary/aromatic N) is 5. The van der Waals surface area contributed by atoms with Gasteiger partial charge >= 0.3 is 0 Å². The third kappa shape index (κ3) is 3.75. The predicted octanol–water partition coefficient (Wildman–Crippen LogP) is 1.54. The summed E-state index contributed by atoms with van der Waals surface area (Å²) in [4.78, 5) is 25.8. The molecule has 8 heteroatoms. The number of hydrogen-bond acceptors (Lipinski definition) is 6. The first-order valence-corrected chi connectivity index (χ1v) is 9.73. The van der Waals surface area contributed by atoms with E-state index in [1.54, 1.807) is 6.20 Å². The van der Waals surface area contributed by atoms with Gasteiger partial charge in [-0.1, -0.05) is 6.07 Å². The second-order valence-electron chi connectivity index (χ2n) is 7.63. The van der Waals surface area contributed by atoms with Crippen LogP contribution in [0.15, 0.2) is 36.5 Å². The van der Waals surface area contributed by atoms with Gasteiger partial charge in [0.2, 0.25) is 5.95 Å². The fourth-order valence-corrected chi connectivity index (χ4v) is 3.78. The number of fused-ring (bicyclic) bond motifs is 1. The highest BCUT2D eigenvalue weighted by atomic mass is 16.3. The Morgan fingerprint density at radius 1 is 1.34 bits per heavy atom. The molecule has 0 spiro atoms. The van der Waals surface area contributed by atoms with Gasteiger partial charge in [-0.15, -0.1) is 0 Å². The largest absolute Gasteiger partial charge is 0.391 e. The maximum Gasteiger partial charge on any atom is 0.251 e. The topological polar surface area (TPSA) is 86.5 Å². The Hall–Kier alpha value is -3.13. The number of β-amino-alcohol motifs (C(OH)–C–C–N with tert-alkyl or cyclic N) is 1. The Balaban J connectivity index is 1.53. The number of pyridine rings is 1. The molecule has 3 heterocycles. The SMILES string of the molecule is CN(C)c1ncccc1CNC(=O)c1ccc2c(c1)nc(N1CC[C@H](O)C1)n2C. The normalized spacial score (nSPS) is 16.4. The summed E-state index contributed by atoms with van der Waals surface area (Å²) in [6, 6.07) is 9.38. The number of carbonyl (C=O) groups is 1. The number of anilines is 2. The first-order valence-electron chi connectivity index (χ1n) is 9.73. The van der Waals surface area contributed by atoms with Crippen LogP contribution < -0.4 is 15.1 Å². The Labute approximate surface area is 169 Å². The molecule has 0 saturated carbocycles. The monoisotopic (exact) mass is 394 g/mol. The van der Waals surface area contributed by atoms with E-state index in [1.165, 1.54) is 0 Å². The van der Waals surface area contributed by atoms with Crippen molar-refractivity contribution in [3.8, 4) is 0 Å². The average Bonchev–Trinajstić information content (AvgIpc) is 3.29. The lowest BCUT2D eigenvalue weighted by Gasteiger charge is -2.16. The van der Waals surface area contributed by atoms with Crippen LogP contribution in [0.5, 0.6) is 0 Å². The van der Waals surface area contributed by atoms with E-state index in [0.717, 1.165) is 41.3 Å². The number of aliphatic hydroxyl groups is 1. The summed E-state index contributed by atoms with van der Waals surface area (Å²) < 4.78 is 2.01. The molecule has 4 rings (SSSR count). The third-order valence-electron chi connectivity index (χ3n) is 5.30. The van der Waals surface area contributed by atoms with Crippen LogP contribution in [0.3, 0.4) is 0 Å². The van der Waals surface area contributed by atoms with Gasteiger partial charge in [0, 0.05) is 58.1 Å². The van der Waals surface area contributed by atoms with Crippen molar-refractivity contribution >= 4 is 28.7 Å². The van der Waals surface area contributed by atoms with E-state index in [-0.39, 0.29) is 12.0 Å². The second kappa shape index (κ2) is 7.71. The predicted molar refractivity (Wildman–Crippen MR) is 113 cm³/mol. The van der Waals surface area contributed by atoms with Crippen molar-refractivity contribution in [2.24, 2.45) is 7.05 Å². The molecule has 152 valence electrons. The van der Waals surface area contributed by atoms with Crippen LogP contribution in [-0.4, -0.2) is 58.8 Å². The van der Waals surface area contributed by atoms with Crippen LogP contribution in [0.1, 0.15) is 22.3 Å². The number of aromatic nitrogens is 3. The van der Waals surface area contributed by atoms with E-state index in [1.807, 2.05) is 60.9 Å². The van der Waals surface area contributed by atoms with Gasteiger partial charge in [0.25, 0.3) is 5.91 Å². The van der Waals surface area contributed by atoms with Crippen molar-refractivity contribution in [3.05, 3.63) is 47.7 Å². The maximum absolute atomic E-state index is 12.7. The van der Waals surface area contributed by atoms with E-state index in [9.17, 15) is 9.90 Å². The van der Waals surface area contributed by atoms with E-state index >= 15 is 0 Å². The Bertz CT molecular complexity index is 1040. The molecule has 0 bridgehead atoms. The zero-order chi connectivity index (χ0) is 20.5. The first-order chi connectivity index (χ1) is 13.9. The standard InChI is InChI=1S/C21H26N6O2/c1-25(2)19-15(5-4-9-22-19)12-23-20(29)14-6-7-18-17(11-14)24-21(26(18)3)27-10-8-16(28)13-27/h4-7,9,11,16,28H,8,10,12-13H2,1-3H3,(H,23,29)/t16-/m0/s1. The number of imidazole rings is 1. The molecule has 1 fully saturated rings. The smallest absolute Gasteiger partial charge is 0.251 e. The molecule has 1 amide bonds. The molecular weight excluding hydrogens is 368 g/mol. The molecule has 1 aliphatic heterocycles. The molecular formula is C21H26N6O2. The lowest BCUT2D eigenvalue weighted by Crippen LogP contribution is -2.24. The van der Waals surface area contributed by atoms with Crippen molar-refractivity contribution in [1.29, 1.82) is 0 Å². The number of carbonyl (C=O) groups excluding carboxylic acids is 1. The van der Waals surface area contributed by atoms with Crippen LogP contribution in [-0.2, 0) is 13.6 Å². The molecule has 1 atom stereocenters. The quantitative estimate of drug-likeness (QED) is 0.683. The minimum Gasteiger partial charge on any atom is -0.391 e. The lowest BCUT2D eigenvalue weighted by molar-refractivity contribution is 0.0951. The van der Waals surface area contributed by atoms with Crippen molar-refractivity contribution in [2.75, 3.05) is 37.0 Å². The van der Waals surface area contributed by atoms with E-state index in [4.69, 9.17) is 4.98 Å². The van der Waals surface area contributed by atoms with Crippen molar-refractivity contribution < 1.29 is 9.90 Å². The summed E-state index contributed by atoms with van der Waals surface area (Å²) in [6.07, 6.45) is 2.18. The van der Waals surface area contributed by atoms with Crippen molar-refractivity contribution in [3.63, 3.8) is 0 Å². The minimum absolute atomic E-state index is 0.149. The Morgan fingerprint density at radius 3 is 2.90 bits per heavy atom. The van der Waals surface area contributed by atoms with Gasteiger partial charge in [-0.25, -0.2) is 9.97 Å². The Kier molecular flexibility index (Phi) is 5.10. The summed E-state index contributed by atoms with van der Waals surface area (Å²) in [6.45, 7) is 1.77. The number of nitrogens with one attached hydrogen (secondary N) is 1. The molecule has 0 unspecified atom stereocenters. The molecule has 1 saturated heterocycles. The molecule has 29 heavy (non-hydrogen) atoms. The second-order valence-corrected chi connectivity index (χ2v) is 7.63. The van der Waals surface area contributed by atoms with E-state index in [2.05, 4.69) is 15.2 Å². The lowest BCUT2D eigenvalue weighted by atomic mass is 10.1. The van der Waals surface area contributed by atoms with Gasteiger partial charge in [0.05, 0.1) is 17.1 Å². The third-order valence-corrected chi connectivity index (χ3v) is 5.30. The highest BCUT2D eigenvalue weighted by Gasteiger charge is 2.24. The van der Waals surface area contributed by atoms with Gasteiger partial charge in [0.1, 0.15) is 5.82 Å². The maximum atomic E-state index is 12.7. The highest BCUT2D eigenvalue weighted by molar-refractivity contribution is 5.97. The summed E-state index contributed by atoms with van der Waals surface area (Å²) >= 11 is 0. The number of aliphatic hydroxyl groups excluding tert-OH is 1. The number of amides is 1. The molecule has 0 aliphatic carbocycles. The zero-order valence-electron chi connectivity index (χ0n) is 17.0. The molecule has 1 aliphatic rings. The fourth-order valence-electron chi connectivity index (χ4n) is 3.78. The van der Waals surface area contributed by atoms with Crippen LogP contribution >= 0.6 is 0 Å². The molecule has 0 radical (unpaired) electrons. The first kappa shape index (κ1) is 19.2. The van der Waals surface area contributed by atoms with Gasteiger partial charge in [-0.2, -0.15) is 0 Å². The number of aryl methyl sites for hydroxylation is 1. The summed E-state index contributed by atoms with van der Waals surface area (Å²) in [5.41, 5.74) is 3.26. The molecule has 3 aromatic rings. The fraction of sp³-hybridized carbons (Fsp3) is 0.381. The molecule has 8 nitrogen and oxygen atoms in total. The Morgan fingerprint density at radius 2 is 2.17 bits per heavy atom. The highest BCUT2D eigenvalue weighted by Crippen LogP contribution is 2.25. The average molecular weight is 394 g/mol. The minimum atomic E-state index is -0.310. The zero-order valence-corrected chi connectivity index (χ0v) is 17.0. The van der Waals surface area contributed by atoms with Crippen LogP contribution in [0.2, 0.25) is 0 Å². The number of benzene rings is 1.